The monoisotopic (exact) mass is 635 g/mol. The molecule has 5 rings (SSSR count). The zero-order valence-corrected chi connectivity index (χ0v) is 27.3. The fraction of sp³-hybridized carbons (Fsp3) is 0.382. The molecule has 2 atom stereocenters. The van der Waals surface area contributed by atoms with Crippen LogP contribution >= 0.6 is 11.3 Å². The van der Waals surface area contributed by atoms with E-state index in [4.69, 9.17) is 9.47 Å². The lowest BCUT2D eigenvalue weighted by Gasteiger charge is -2.28. The average molecular weight is 636 g/mol. The normalized spacial score (nSPS) is 15.5. The van der Waals surface area contributed by atoms with Gasteiger partial charge in [-0.05, 0) is 66.8 Å². The lowest BCUT2D eigenvalue weighted by atomic mass is 9.98. The third-order valence-corrected chi connectivity index (χ3v) is 11.3. The highest BCUT2D eigenvalue weighted by Crippen LogP contribution is 2.37. The minimum atomic E-state index is -3.94. The minimum absolute atomic E-state index is 0.0500. The van der Waals surface area contributed by atoms with Crippen LogP contribution in [0.4, 0.5) is 0 Å². The summed E-state index contributed by atoms with van der Waals surface area (Å²) < 4.78 is 42.8. The Kier molecular flexibility index (Phi) is 10.3. The van der Waals surface area contributed by atoms with Gasteiger partial charge in [0.25, 0.3) is 10.0 Å². The highest BCUT2D eigenvalue weighted by Gasteiger charge is 2.29. The number of aryl methyl sites for hydroxylation is 1. The van der Waals surface area contributed by atoms with Crippen LogP contribution in [0.2, 0.25) is 0 Å². The Labute approximate surface area is 264 Å². The van der Waals surface area contributed by atoms with Crippen molar-refractivity contribution in [1.82, 2.24) is 15.4 Å². The number of methoxy groups -OCH3 is 1. The summed E-state index contributed by atoms with van der Waals surface area (Å²) in [5.74, 6) is 1.86. The summed E-state index contributed by atoms with van der Waals surface area (Å²) in [5.41, 5.74) is 3.44. The number of carbonyl (C=O) groups is 1. The van der Waals surface area contributed by atoms with Crippen molar-refractivity contribution in [2.24, 2.45) is 5.92 Å². The second-order valence-corrected chi connectivity index (χ2v) is 14.6. The minimum Gasteiger partial charge on any atom is -0.497 e. The standard InChI is InChI=1S/C34H41N3O5S2/c1-22(2)14-16-35-21-24-10-12-27-29(15-17-42-31(27)18-24)36-33(38)20-30(25-8-6-5-7-9-25)37-44(39,40)34-23(3)28-19-26(41-4)11-13-32(28)43-34/h5-13,18-19,22,29-30,35,37H,14-17,20-21H2,1-4H3,(H,36,38). The van der Waals surface area contributed by atoms with Gasteiger partial charge in [-0.1, -0.05) is 56.3 Å². The number of thiophene rings is 1. The Morgan fingerprint density at radius 3 is 2.64 bits per heavy atom. The van der Waals surface area contributed by atoms with Crippen LogP contribution in [0.5, 0.6) is 11.5 Å². The van der Waals surface area contributed by atoms with Gasteiger partial charge in [0, 0.05) is 35.0 Å². The van der Waals surface area contributed by atoms with Crippen LogP contribution < -0.4 is 24.8 Å². The Hall–Kier alpha value is -3.44. The average Bonchev–Trinajstić information content (AvgIpc) is 3.35. The third kappa shape index (κ3) is 7.61. The van der Waals surface area contributed by atoms with Crippen molar-refractivity contribution in [3.8, 4) is 11.5 Å². The molecule has 4 aromatic rings. The predicted octanol–water partition coefficient (Wildman–Crippen LogP) is 6.40. The maximum atomic E-state index is 13.8. The van der Waals surface area contributed by atoms with Crippen molar-refractivity contribution in [2.45, 2.75) is 62.9 Å². The summed E-state index contributed by atoms with van der Waals surface area (Å²) in [5, 5.41) is 7.46. The third-order valence-electron chi connectivity index (χ3n) is 7.91. The number of rotatable bonds is 13. The molecule has 0 radical (unpaired) electrons. The van der Waals surface area contributed by atoms with Gasteiger partial charge < -0.3 is 20.1 Å². The molecule has 0 aliphatic carbocycles. The molecule has 1 aliphatic heterocycles. The van der Waals surface area contributed by atoms with E-state index >= 15 is 0 Å². The Balaban J connectivity index is 1.31. The first-order valence-corrected chi connectivity index (χ1v) is 17.3. The molecule has 2 heterocycles. The fourth-order valence-corrected chi connectivity index (χ4v) is 8.46. The van der Waals surface area contributed by atoms with Gasteiger partial charge in [-0.2, -0.15) is 0 Å². The molecular weight excluding hydrogens is 595 g/mol. The SMILES string of the molecule is COc1ccc2sc(S(=O)(=O)NC(CC(=O)NC3CCOc4cc(CNCCC(C)C)ccc43)c3ccccc3)c(C)c2c1. The highest BCUT2D eigenvalue weighted by molar-refractivity contribution is 7.91. The van der Waals surface area contributed by atoms with Gasteiger partial charge in [-0.25, -0.2) is 13.1 Å². The Morgan fingerprint density at radius 2 is 1.89 bits per heavy atom. The number of hydrogen-bond donors (Lipinski definition) is 3. The van der Waals surface area contributed by atoms with Crippen molar-refractivity contribution in [3.05, 3.63) is 89.0 Å². The van der Waals surface area contributed by atoms with E-state index in [9.17, 15) is 13.2 Å². The van der Waals surface area contributed by atoms with Crippen molar-refractivity contribution < 1.29 is 22.7 Å². The summed E-state index contributed by atoms with van der Waals surface area (Å²) in [6.07, 6.45) is 1.71. The zero-order chi connectivity index (χ0) is 31.3. The Bertz CT molecular complexity index is 1700. The quantitative estimate of drug-likeness (QED) is 0.147. The summed E-state index contributed by atoms with van der Waals surface area (Å²) in [7, 11) is -2.36. The number of sulfonamides is 1. The Morgan fingerprint density at radius 1 is 1.09 bits per heavy atom. The molecule has 0 fully saturated rings. The number of nitrogens with one attached hydrogen (secondary N) is 3. The van der Waals surface area contributed by atoms with Crippen LogP contribution in [0, 0.1) is 12.8 Å². The summed E-state index contributed by atoms with van der Waals surface area (Å²) in [6.45, 7) is 8.43. The van der Waals surface area contributed by atoms with Crippen LogP contribution in [0.1, 0.15) is 67.4 Å². The van der Waals surface area contributed by atoms with E-state index in [2.05, 4.69) is 35.3 Å². The van der Waals surface area contributed by atoms with Gasteiger partial charge in [0.1, 0.15) is 15.7 Å². The van der Waals surface area contributed by atoms with Crippen LogP contribution in [0.15, 0.2) is 70.9 Å². The second-order valence-electron chi connectivity index (χ2n) is 11.7. The van der Waals surface area contributed by atoms with Gasteiger partial charge in [-0.3, -0.25) is 4.79 Å². The van der Waals surface area contributed by atoms with Crippen LogP contribution in [-0.2, 0) is 21.4 Å². The van der Waals surface area contributed by atoms with Crippen LogP contribution in [-0.4, -0.2) is 34.6 Å². The van der Waals surface area contributed by atoms with E-state index in [1.54, 1.807) is 14.0 Å². The lowest BCUT2D eigenvalue weighted by molar-refractivity contribution is -0.122. The highest BCUT2D eigenvalue weighted by atomic mass is 32.2. The number of carbonyl (C=O) groups excluding carboxylic acids is 1. The maximum Gasteiger partial charge on any atom is 0.250 e. The molecule has 8 nitrogen and oxygen atoms in total. The van der Waals surface area contributed by atoms with Gasteiger partial charge in [0.15, 0.2) is 0 Å². The van der Waals surface area contributed by atoms with Gasteiger partial charge in [-0.15, -0.1) is 11.3 Å². The van der Waals surface area contributed by atoms with Crippen molar-refractivity contribution in [3.63, 3.8) is 0 Å². The topological polar surface area (TPSA) is 106 Å². The number of hydrogen-bond acceptors (Lipinski definition) is 7. The molecule has 0 saturated heterocycles. The largest absolute Gasteiger partial charge is 0.497 e. The molecule has 0 saturated carbocycles. The summed E-state index contributed by atoms with van der Waals surface area (Å²) >= 11 is 1.21. The molecule has 1 aromatic heterocycles. The van der Waals surface area contributed by atoms with Crippen LogP contribution in [0.3, 0.4) is 0 Å². The first-order chi connectivity index (χ1) is 21.1. The molecule has 10 heteroatoms. The maximum absolute atomic E-state index is 13.8. The van der Waals surface area contributed by atoms with Crippen molar-refractivity contribution >= 4 is 37.4 Å². The van der Waals surface area contributed by atoms with Crippen LogP contribution in [0.25, 0.3) is 10.1 Å². The van der Waals surface area contributed by atoms with E-state index in [1.807, 2.05) is 60.7 Å². The molecule has 44 heavy (non-hydrogen) atoms. The number of amides is 1. The molecule has 0 spiro atoms. The molecule has 234 valence electrons. The van der Waals surface area contributed by atoms with E-state index in [0.29, 0.717) is 35.8 Å². The van der Waals surface area contributed by atoms with Gasteiger partial charge in [0.05, 0.1) is 25.8 Å². The lowest BCUT2D eigenvalue weighted by Crippen LogP contribution is -2.36. The van der Waals surface area contributed by atoms with E-state index in [0.717, 1.165) is 46.5 Å². The molecule has 1 amide bonds. The smallest absolute Gasteiger partial charge is 0.250 e. The number of fused-ring (bicyclic) bond motifs is 2. The number of benzene rings is 3. The summed E-state index contributed by atoms with van der Waals surface area (Å²) in [4.78, 5) is 13.5. The molecule has 2 unspecified atom stereocenters. The van der Waals surface area contributed by atoms with E-state index in [-0.39, 0.29) is 22.6 Å². The number of ether oxygens (including phenoxy) is 2. The van der Waals surface area contributed by atoms with Gasteiger partial charge in [0.2, 0.25) is 5.91 Å². The van der Waals surface area contributed by atoms with Crippen molar-refractivity contribution in [1.29, 1.82) is 0 Å². The molecule has 0 bridgehead atoms. The van der Waals surface area contributed by atoms with Gasteiger partial charge >= 0.3 is 0 Å². The van der Waals surface area contributed by atoms with E-state index < -0.39 is 16.1 Å². The summed E-state index contributed by atoms with van der Waals surface area (Å²) in [6, 6.07) is 19.9. The predicted molar refractivity (Wildman–Crippen MR) is 176 cm³/mol. The molecule has 3 aromatic carbocycles. The second kappa shape index (κ2) is 14.1. The first-order valence-electron chi connectivity index (χ1n) is 15.0. The first kappa shape index (κ1) is 32.0. The molecule has 3 N–H and O–H groups in total. The van der Waals surface area contributed by atoms with Crippen molar-refractivity contribution in [2.75, 3.05) is 20.3 Å². The van der Waals surface area contributed by atoms with E-state index in [1.165, 1.54) is 11.3 Å². The molecule has 1 aliphatic rings. The molecular formula is C34H41N3O5S2. The fourth-order valence-electron chi connectivity index (χ4n) is 5.47. The zero-order valence-electron chi connectivity index (χ0n) is 25.7.